The van der Waals surface area contributed by atoms with Crippen molar-refractivity contribution in [2.24, 2.45) is 0 Å². The lowest BCUT2D eigenvalue weighted by molar-refractivity contribution is 0.102. The van der Waals surface area contributed by atoms with Crippen molar-refractivity contribution in [3.05, 3.63) is 71.9 Å². The molecule has 2 N–H and O–H groups in total. The number of benzene rings is 2. The van der Waals surface area contributed by atoms with Crippen LogP contribution in [0.25, 0.3) is 0 Å². The SMILES string of the molecule is COc1ccc(CNc2ccc(C(=O)Nc3ccc(OC)cc3OC)cn2)cc1. The van der Waals surface area contributed by atoms with Gasteiger partial charge in [-0.15, -0.1) is 0 Å². The van der Waals surface area contributed by atoms with Crippen molar-refractivity contribution in [2.75, 3.05) is 32.0 Å². The molecule has 0 atom stereocenters. The van der Waals surface area contributed by atoms with E-state index in [2.05, 4.69) is 15.6 Å². The van der Waals surface area contributed by atoms with Crippen LogP contribution in [-0.4, -0.2) is 32.2 Å². The Bertz CT molecular complexity index is 957. The number of rotatable bonds is 8. The first kappa shape index (κ1) is 20.0. The summed E-state index contributed by atoms with van der Waals surface area (Å²) in [7, 11) is 4.75. The Morgan fingerprint density at radius 3 is 2.24 bits per heavy atom. The number of methoxy groups -OCH3 is 3. The summed E-state index contributed by atoms with van der Waals surface area (Å²) in [5.41, 5.74) is 2.10. The zero-order chi connectivity index (χ0) is 20.6. The number of nitrogens with zero attached hydrogens (tertiary/aromatic N) is 1. The van der Waals surface area contributed by atoms with Gasteiger partial charge in [0, 0.05) is 18.8 Å². The van der Waals surface area contributed by atoms with Gasteiger partial charge < -0.3 is 24.8 Å². The number of aromatic nitrogens is 1. The second-order valence-electron chi connectivity index (χ2n) is 6.15. The number of hydrogen-bond acceptors (Lipinski definition) is 6. The summed E-state index contributed by atoms with van der Waals surface area (Å²) < 4.78 is 15.6. The molecule has 3 aromatic rings. The molecule has 150 valence electrons. The van der Waals surface area contributed by atoms with E-state index in [1.54, 1.807) is 44.6 Å². The molecule has 7 heteroatoms. The van der Waals surface area contributed by atoms with Gasteiger partial charge in [0.2, 0.25) is 0 Å². The number of hydrogen-bond donors (Lipinski definition) is 2. The van der Waals surface area contributed by atoms with E-state index in [4.69, 9.17) is 14.2 Å². The Morgan fingerprint density at radius 2 is 1.62 bits per heavy atom. The highest BCUT2D eigenvalue weighted by molar-refractivity contribution is 6.05. The zero-order valence-corrected chi connectivity index (χ0v) is 16.6. The number of anilines is 2. The van der Waals surface area contributed by atoms with Gasteiger partial charge >= 0.3 is 0 Å². The van der Waals surface area contributed by atoms with Gasteiger partial charge in [0.15, 0.2) is 0 Å². The molecule has 0 aliphatic rings. The number of carbonyl (C=O) groups excluding carboxylic acids is 1. The van der Waals surface area contributed by atoms with Crippen LogP contribution in [0.1, 0.15) is 15.9 Å². The maximum absolute atomic E-state index is 12.5. The van der Waals surface area contributed by atoms with Crippen LogP contribution in [-0.2, 0) is 6.54 Å². The third-order valence-corrected chi connectivity index (χ3v) is 4.32. The van der Waals surface area contributed by atoms with Crippen molar-refractivity contribution >= 4 is 17.4 Å². The summed E-state index contributed by atoms with van der Waals surface area (Å²) in [6.45, 7) is 0.617. The summed E-state index contributed by atoms with van der Waals surface area (Å²) in [6.07, 6.45) is 1.53. The third kappa shape index (κ3) is 5.16. The fraction of sp³-hybridized carbons (Fsp3) is 0.182. The normalized spacial score (nSPS) is 10.2. The standard InChI is InChI=1S/C22H23N3O4/c1-27-17-7-4-15(5-8-17)13-23-21-11-6-16(14-24-21)22(26)25-19-10-9-18(28-2)12-20(19)29-3/h4-12,14H,13H2,1-3H3,(H,23,24)(H,25,26). The molecule has 1 heterocycles. The Balaban J connectivity index is 1.61. The highest BCUT2D eigenvalue weighted by Gasteiger charge is 2.11. The first-order valence-corrected chi connectivity index (χ1v) is 8.99. The molecule has 0 aliphatic carbocycles. The molecule has 0 saturated carbocycles. The van der Waals surface area contributed by atoms with Gasteiger partial charge in [-0.05, 0) is 42.0 Å². The molecule has 0 saturated heterocycles. The smallest absolute Gasteiger partial charge is 0.257 e. The van der Waals surface area contributed by atoms with E-state index < -0.39 is 0 Å². The predicted molar refractivity (Wildman–Crippen MR) is 112 cm³/mol. The molecule has 3 rings (SSSR count). The van der Waals surface area contributed by atoms with Crippen LogP contribution in [0.4, 0.5) is 11.5 Å². The fourth-order valence-corrected chi connectivity index (χ4v) is 2.67. The van der Waals surface area contributed by atoms with Gasteiger partial charge in [0.25, 0.3) is 5.91 Å². The average Bonchev–Trinajstić information content (AvgIpc) is 2.78. The van der Waals surface area contributed by atoms with Gasteiger partial charge in [0.1, 0.15) is 23.1 Å². The van der Waals surface area contributed by atoms with Crippen LogP contribution in [0.15, 0.2) is 60.8 Å². The van der Waals surface area contributed by atoms with Crippen molar-refractivity contribution in [3.63, 3.8) is 0 Å². The quantitative estimate of drug-likeness (QED) is 0.603. The fourth-order valence-electron chi connectivity index (χ4n) is 2.67. The van der Waals surface area contributed by atoms with Crippen LogP contribution in [0.3, 0.4) is 0 Å². The third-order valence-electron chi connectivity index (χ3n) is 4.32. The van der Waals surface area contributed by atoms with Crippen LogP contribution >= 0.6 is 0 Å². The summed E-state index contributed by atoms with van der Waals surface area (Å²) in [4.78, 5) is 16.8. The molecule has 1 aromatic heterocycles. The monoisotopic (exact) mass is 393 g/mol. The van der Waals surface area contributed by atoms with Gasteiger partial charge in [-0.25, -0.2) is 4.98 Å². The van der Waals surface area contributed by atoms with Crippen molar-refractivity contribution < 1.29 is 19.0 Å². The van der Waals surface area contributed by atoms with Crippen molar-refractivity contribution in [2.45, 2.75) is 6.54 Å². The number of ether oxygens (including phenoxy) is 3. The molecule has 7 nitrogen and oxygen atoms in total. The highest BCUT2D eigenvalue weighted by Crippen LogP contribution is 2.29. The molecule has 2 aromatic carbocycles. The first-order valence-electron chi connectivity index (χ1n) is 8.99. The Kier molecular flexibility index (Phi) is 6.52. The topological polar surface area (TPSA) is 81.7 Å². The van der Waals surface area contributed by atoms with E-state index in [1.807, 2.05) is 24.3 Å². The van der Waals surface area contributed by atoms with Gasteiger partial charge in [-0.1, -0.05) is 12.1 Å². The summed E-state index contributed by atoms with van der Waals surface area (Å²) in [5.74, 6) is 2.38. The van der Waals surface area contributed by atoms with Gasteiger partial charge in [-0.2, -0.15) is 0 Å². The lowest BCUT2D eigenvalue weighted by Crippen LogP contribution is -2.13. The zero-order valence-electron chi connectivity index (χ0n) is 16.6. The van der Waals surface area contributed by atoms with Crippen molar-refractivity contribution in [1.29, 1.82) is 0 Å². The Morgan fingerprint density at radius 1 is 0.897 bits per heavy atom. The Hall–Kier alpha value is -3.74. The van der Waals surface area contributed by atoms with E-state index in [0.717, 1.165) is 11.3 Å². The molecular weight excluding hydrogens is 370 g/mol. The molecule has 0 spiro atoms. The molecule has 0 bridgehead atoms. The predicted octanol–water partition coefficient (Wildman–Crippen LogP) is 3.97. The lowest BCUT2D eigenvalue weighted by atomic mass is 10.2. The van der Waals surface area contributed by atoms with Crippen LogP contribution < -0.4 is 24.8 Å². The largest absolute Gasteiger partial charge is 0.497 e. The second-order valence-corrected chi connectivity index (χ2v) is 6.15. The lowest BCUT2D eigenvalue weighted by Gasteiger charge is -2.12. The summed E-state index contributed by atoms with van der Waals surface area (Å²) >= 11 is 0. The minimum absolute atomic E-state index is 0.275. The summed E-state index contributed by atoms with van der Waals surface area (Å²) in [5, 5.41) is 6.05. The molecular formula is C22H23N3O4. The second kappa shape index (κ2) is 9.45. The molecule has 0 aliphatic heterocycles. The minimum atomic E-state index is -0.275. The molecule has 29 heavy (non-hydrogen) atoms. The maximum atomic E-state index is 12.5. The Labute approximate surface area is 169 Å². The van der Waals surface area contributed by atoms with E-state index in [0.29, 0.717) is 35.1 Å². The molecule has 0 fully saturated rings. The maximum Gasteiger partial charge on any atom is 0.257 e. The molecule has 0 radical (unpaired) electrons. The van der Waals surface area contributed by atoms with Crippen LogP contribution in [0.2, 0.25) is 0 Å². The summed E-state index contributed by atoms with van der Waals surface area (Å²) in [6, 6.07) is 16.5. The van der Waals surface area contributed by atoms with E-state index in [-0.39, 0.29) is 5.91 Å². The molecule has 0 unspecified atom stereocenters. The van der Waals surface area contributed by atoms with Gasteiger partial charge in [0.05, 0.1) is 32.6 Å². The highest BCUT2D eigenvalue weighted by atomic mass is 16.5. The van der Waals surface area contributed by atoms with Crippen molar-refractivity contribution in [1.82, 2.24) is 4.98 Å². The number of pyridine rings is 1. The number of carbonyl (C=O) groups is 1. The number of nitrogens with one attached hydrogen (secondary N) is 2. The minimum Gasteiger partial charge on any atom is -0.497 e. The average molecular weight is 393 g/mol. The van der Waals surface area contributed by atoms with Crippen LogP contribution in [0.5, 0.6) is 17.2 Å². The van der Waals surface area contributed by atoms with E-state index >= 15 is 0 Å². The van der Waals surface area contributed by atoms with Crippen LogP contribution in [0, 0.1) is 0 Å². The molecule has 1 amide bonds. The van der Waals surface area contributed by atoms with Crippen molar-refractivity contribution in [3.8, 4) is 17.2 Å². The van der Waals surface area contributed by atoms with E-state index in [9.17, 15) is 4.79 Å². The van der Waals surface area contributed by atoms with E-state index in [1.165, 1.54) is 13.3 Å². The first-order chi connectivity index (χ1) is 14.1. The number of amides is 1. The van der Waals surface area contributed by atoms with Gasteiger partial charge in [-0.3, -0.25) is 4.79 Å².